The van der Waals surface area contributed by atoms with Crippen molar-refractivity contribution in [2.75, 3.05) is 6.54 Å². The molecule has 28 heavy (non-hydrogen) atoms. The zero-order valence-corrected chi connectivity index (χ0v) is 16.4. The second kappa shape index (κ2) is 8.64. The molecule has 11 heteroatoms. The van der Waals surface area contributed by atoms with E-state index in [1.54, 1.807) is 20.8 Å². The summed E-state index contributed by atoms with van der Waals surface area (Å²) in [6, 6.07) is 1.84. The molecule has 1 aromatic carbocycles. The number of azide groups is 1. The first-order valence-electron chi connectivity index (χ1n) is 8.47. The number of carbonyl (C=O) groups is 2. The van der Waals surface area contributed by atoms with Crippen molar-refractivity contribution in [3.63, 3.8) is 0 Å². The Bertz CT molecular complexity index is 809. The summed E-state index contributed by atoms with van der Waals surface area (Å²) in [4.78, 5) is 28.8. The van der Waals surface area contributed by atoms with Crippen LogP contribution in [0.15, 0.2) is 23.3 Å². The summed E-state index contributed by atoms with van der Waals surface area (Å²) in [7, 11) is 0. The van der Waals surface area contributed by atoms with E-state index in [0.29, 0.717) is 0 Å². The van der Waals surface area contributed by atoms with Crippen LogP contribution in [0.3, 0.4) is 0 Å². The van der Waals surface area contributed by atoms with Gasteiger partial charge in [0, 0.05) is 17.0 Å². The van der Waals surface area contributed by atoms with E-state index in [0.717, 1.165) is 4.90 Å². The molecule has 0 unspecified atom stereocenters. The Labute approximate surface area is 166 Å². The second-order valence-corrected chi connectivity index (χ2v) is 7.68. The van der Waals surface area contributed by atoms with E-state index < -0.39 is 41.6 Å². The molecule has 2 N–H and O–H groups in total. The average Bonchev–Trinajstić information content (AvgIpc) is 2.92. The number of aliphatic hydroxyl groups is 1. The molecule has 1 aromatic rings. The van der Waals surface area contributed by atoms with Crippen molar-refractivity contribution in [3.05, 3.63) is 45.0 Å². The van der Waals surface area contributed by atoms with Gasteiger partial charge in [-0.25, -0.2) is 9.18 Å². The van der Waals surface area contributed by atoms with E-state index in [2.05, 4.69) is 15.3 Å². The van der Waals surface area contributed by atoms with Crippen LogP contribution in [0.2, 0.25) is 5.02 Å². The predicted octanol–water partition coefficient (Wildman–Crippen LogP) is 2.75. The average molecular weight is 414 g/mol. The first kappa shape index (κ1) is 21.7. The number of benzene rings is 1. The van der Waals surface area contributed by atoms with Crippen molar-refractivity contribution in [2.45, 2.75) is 51.1 Å². The number of β-amino-alcohol motifs (C(OH)–C–C–N with tert-alkyl or cyclic N) is 1. The van der Waals surface area contributed by atoms with Gasteiger partial charge in [-0.3, -0.25) is 9.69 Å². The number of halogens is 2. The lowest BCUT2D eigenvalue weighted by molar-refractivity contribution is -0.126. The van der Waals surface area contributed by atoms with E-state index in [1.165, 1.54) is 18.2 Å². The summed E-state index contributed by atoms with van der Waals surface area (Å²) >= 11 is 5.72. The second-order valence-electron chi connectivity index (χ2n) is 7.27. The number of likely N-dealkylation sites (tertiary alicyclic amines) is 1. The van der Waals surface area contributed by atoms with Crippen LogP contribution in [0.1, 0.15) is 26.3 Å². The van der Waals surface area contributed by atoms with Crippen LogP contribution < -0.4 is 5.32 Å². The molecule has 1 aliphatic rings. The standard InChI is InChI=1S/C17H21ClFN5O4/c1-17(2,3)28-16(27)24-8-11(25)13(22-23-20)14(24)15(26)21-7-9-5-4-6-10(18)12(9)19/h4-6,11,13-14,25H,7-8H2,1-3H3,(H,21,26)/t11-,13+,14-/m0/s1. The third-order valence-corrected chi connectivity index (χ3v) is 4.30. The highest BCUT2D eigenvalue weighted by Crippen LogP contribution is 2.25. The van der Waals surface area contributed by atoms with Crippen LogP contribution in [0.5, 0.6) is 0 Å². The number of carbonyl (C=O) groups excluding carboxylic acids is 2. The topological polar surface area (TPSA) is 128 Å². The molecule has 2 amide bonds. The van der Waals surface area contributed by atoms with Gasteiger partial charge in [0.1, 0.15) is 17.5 Å². The summed E-state index contributed by atoms with van der Waals surface area (Å²) in [5.41, 5.74) is 8.06. The molecule has 0 spiro atoms. The molecular formula is C17H21ClFN5O4. The monoisotopic (exact) mass is 413 g/mol. The number of ether oxygens (including phenoxy) is 1. The Morgan fingerprint density at radius 2 is 2.18 bits per heavy atom. The normalized spacial score (nSPS) is 21.8. The van der Waals surface area contributed by atoms with Gasteiger partial charge < -0.3 is 15.2 Å². The number of rotatable bonds is 4. The van der Waals surface area contributed by atoms with Crippen LogP contribution in [0.4, 0.5) is 9.18 Å². The summed E-state index contributed by atoms with van der Waals surface area (Å²) in [5.74, 6) is -1.40. The molecule has 0 saturated carbocycles. The van der Waals surface area contributed by atoms with E-state index in [4.69, 9.17) is 21.9 Å². The van der Waals surface area contributed by atoms with Gasteiger partial charge in [0.05, 0.1) is 23.7 Å². The Hall–Kier alpha value is -2.55. The fourth-order valence-corrected chi connectivity index (χ4v) is 2.99. The molecule has 9 nitrogen and oxygen atoms in total. The van der Waals surface area contributed by atoms with E-state index in [1.807, 2.05) is 0 Å². The third kappa shape index (κ3) is 5.03. The van der Waals surface area contributed by atoms with E-state index in [9.17, 15) is 19.1 Å². The lowest BCUT2D eigenvalue weighted by Gasteiger charge is -2.28. The number of nitrogens with one attached hydrogen (secondary N) is 1. The summed E-state index contributed by atoms with van der Waals surface area (Å²) in [5, 5.41) is 16.0. The van der Waals surface area contributed by atoms with Gasteiger partial charge in [0.2, 0.25) is 5.91 Å². The van der Waals surface area contributed by atoms with Crippen LogP contribution in [-0.2, 0) is 16.1 Å². The Morgan fingerprint density at radius 1 is 1.50 bits per heavy atom. The van der Waals surface area contributed by atoms with Crippen LogP contribution in [0, 0.1) is 5.82 Å². The number of amides is 2. The highest BCUT2D eigenvalue weighted by molar-refractivity contribution is 6.30. The predicted molar refractivity (Wildman–Crippen MR) is 98.9 cm³/mol. The quantitative estimate of drug-likeness (QED) is 0.446. The van der Waals surface area contributed by atoms with Gasteiger partial charge in [-0.1, -0.05) is 28.8 Å². The minimum absolute atomic E-state index is 0.0922. The molecule has 1 fully saturated rings. The maximum absolute atomic E-state index is 14.0. The van der Waals surface area contributed by atoms with Crippen molar-refractivity contribution < 1.29 is 23.8 Å². The molecule has 2 rings (SSSR count). The maximum atomic E-state index is 14.0. The van der Waals surface area contributed by atoms with E-state index >= 15 is 0 Å². The Morgan fingerprint density at radius 3 is 2.79 bits per heavy atom. The lowest BCUT2D eigenvalue weighted by Crippen LogP contribution is -2.51. The minimum Gasteiger partial charge on any atom is -0.444 e. The summed E-state index contributed by atoms with van der Waals surface area (Å²) < 4.78 is 19.3. The highest BCUT2D eigenvalue weighted by atomic mass is 35.5. The summed E-state index contributed by atoms with van der Waals surface area (Å²) in [6.07, 6.45) is -2.08. The summed E-state index contributed by atoms with van der Waals surface area (Å²) in [6.45, 7) is 4.50. The van der Waals surface area contributed by atoms with Crippen molar-refractivity contribution in [3.8, 4) is 0 Å². The molecular weight excluding hydrogens is 393 g/mol. The van der Waals surface area contributed by atoms with Gasteiger partial charge >= 0.3 is 6.09 Å². The van der Waals surface area contributed by atoms with Crippen LogP contribution in [-0.4, -0.2) is 52.3 Å². The maximum Gasteiger partial charge on any atom is 0.411 e. The van der Waals surface area contributed by atoms with Crippen molar-refractivity contribution in [1.82, 2.24) is 10.2 Å². The highest BCUT2D eigenvalue weighted by Gasteiger charge is 2.48. The SMILES string of the molecule is CC(C)(C)OC(=O)N1C[C@H](O)[C@@H](N=[N+]=[N-])[C@H]1C(=O)NCc1cccc(Cl)c1F. The first-order valence-corrected chi connectivity index (χ1v) is 8.85. The molecule has 1 aliphatic heterocycles. The molecule has 152 valence electrons. The molecule has 1 saturated heterocycles. The lowest BCUT2D eigenvalue weighted by atomic mass is 10.1. The Kier molecular flexibility index (Phi) is 6.71. The third-order valence-electron chi connectivity index (χ3n) is 4.00. The molecule has 0 aliphatic carbocycles. The molecule has 0 radical (unpaired) electrons. The zero-order chi connectivity index (χ0) is 21.1. The Balaban J connectivity index is 2.22. The van der Waals surface area contributed by atoms with Crippen molar-refractivity contribution in [1.29, 1.82) is 0 Å². The van der Waals surface area contributed by atoms with Crippen LogP contribution >= 0.6 is 11.6 Å². The van der Waals surface area contributed by atoms with Crippen LogP contribution in [0.25, 0.3) is 10.4 Å². The number of nitrogens with zero attached hydrogens (tertiary/aromatic N) is 4. The molecule has 1 heterocycles. The first-order chi connectivity index (χ1) is 13.0. The fraction of sp³-hybridized carbons (Fsp3) is 0.529. The largest absolute Gasteiger partial charge is 0.444 e. The van der Waals surface area contributed by atoms with Gasteiger partial charge in [-0.2, -0.15) is 0 Å². The van der Waals surface area contributed by atoms with Crippen molar-refractivity contribution >= 4 is 23.6 Å². The van der Waals surface area contributed by atoms with Gasteiger partial charge in [0.15, 0.2) is 0 Å². The number of hydrogen-bond donors (Lipinski definition) is 2. The smallest absolute Gasteiger partial charge is 0.411 e. The minimum atomic E-state index is -1.30. The fourth-order valence-electron chi connectivity index (χ4n) is 2.79. The van der Waals surface area contributed by atoms with E-state index in [-0.39, 0.29) is 23.7 Å². The van der Waals surface area contributed by atoms with Gasteiger partial charge in [-0.05, 0) is 32.4 Å². The van der Waals surface area contributed by atoms with Crippen molar-refractivity contribution in [2.24, 2.45) is 5.11 Å². The molecule has 0 bridgehead atoms. The molecule has 3 atom stereocenters. The zero-order valence-electron chi connectivity index (χ0n) is 15.6. The van der Waals surface area contributed by atoms with Gasteiger partial charge in [0.25, 0.3) is 0 Å². The number of hydrogen-bond acceptors (Lipinski definition) is 5. The van der Waals surface area contributed by atoms with Gasteiger partial charge in [-0.15, -0.1) is 0 Å². The number of aliphatic hydroxyl groups excluding tert-OH is 1. The molecule has 0 aromatic heterocycles.